The molecule has 1 aromatic rings. The van der Waals surface area contributed by atoms with E-state index in [0.29, 0.717) is 47.8 Å². The van der Waals surface area contributed by atoms with Crippen molar-refractivity contribution in [2.45, 2.75) is 20.8 Å². The molecule has 0 N–H and O–H groups in total. The Hall–Kier alpha value is -1.42. The van der Waals surface area contributed by atoms with Crippen molar-refractivity contribution in [3.8, 4) is 11.5 Å². The fraction of sp³-hybridized carbons (Fsp3) is 0.533. The Kier molecular flexibility index (Phi) is 4.76. The number of hydrogen-bond donors (Lipinski definition) is 0. The first-order valence-electron chi connectivity index (χ1n) is 6.91. The first-order valence-corrected chi connectivity index (χ1v) is 7.29. The molecule has 110 valence electrons. The number of amides is 1. The van der Waals surface area contributed by atoms with Gasteiger partial charge in [-0.2, -0.15) is 0 Å². The van der Waals surface area contributed by atoms with Crippen LogP contribution in [0.3, 0.4) is 0 Å². The summed E-state index contributed by atoms with van der Waals surface area (Å²) >= 11 is 6.17. The molecule has 0 spiro atoms. The third-order valence-corrected chi connectivity index (χ3v) is 3.38. The van der Waals surface area contributed by atoms with Crippen LogP contribution in [-0.2, 0) is 0 Å². The van der Waals surface area contributed by atoms with Crippen molar-refractivity contribution in [3.05, 3.63) is 22.7 Å². The van der Waals surface area contributed by atoms with E-state index in [1.54, 1.807) is 12.1 Å². The number of carbonyl (C=O) groups is 1. The SMILES string of the molecule is CCN(CC(C)C)C(=O)c1cc(Cl)c2c(c1)OCCO2. The Morgan fingerprint density at radius 3 is 2.70 bits per heavy atom. The molecule has 1 aromatic carbocycles. The number of benzene rings is 1. The fourth-order valence-electron chi connectivity index (χ4n) is 2.21. The van der Waals surface area contributed by atoms with E-state index in [1.807, 2.05) is 11.8 Å². The van der Waals surface area contributed by atoms with Crippen LogP contribution in [-0.4, -0.2) is 37.1 Å². The summed E-state index contributed by atoms with van der Waals surface area (Å²) in [7, 11) is 0. The topological polar surface area (TPSA) is 38.8 Å². The van der Waals surface area contributed by atoms with Crippen LogP contribution in [0.5, 0.6) is 11.5 Å². The van der Waals surface area contributed by atoms with Gasteiger partial charge >= 0.3 is 0 Å². The van der Waals surface area contributed by atoms with Crippen molar-refractivity contribution in [2.75, 3.05) is 26.3 Å². The summed E-state index contributed by atoms with van der Waals surface area (Å²) in [6.07, 6.45) is 0. The highest BCUT2D eigenvalue weighted by Gasteiger charge is 2.22. The number of halogens is 1. The molecule has 0 unspecified atom stereocenters. The largest absolute Gasteiger partial charge is 0.486 e. The Balaban J connectivity index is 2.28. The Labute approximate surface area is 124 Å². The third kappa shape index (κ3) is 3.18. The van der Waals surface area contributed by atoms with Gasteiger partial charge < -0.3 is 14.4 Å². The molecule has 0 radical (unpaired) electrons. The fourth-order valence-corrected chi connectivity index (χ4v) is 2.48. The molecule has 5 heteroatoms. The Morgan fingerprint density at radius 1 is 1.35 bits per heavy atom. The van der Waals surface area contributed by atoms with Crippen LogP contribution in [0.4, 0.5) is 0 Å². The smallest absolute Gasteiger partial charge is 0.254 e. The molecule has 1 aliphatic heterocycles. The molecule has 0 bridgehead atoms. The van der Waals surface area contributed by atoms with Gasteiger partial charge in [0.05, 0.1) is 5.02 Å². The summed E-state index contributed by atoms with van der Waals surface area (Å²) in [6, 6.07) is 3.37. The predicted molar refractivity (Wildman–Crippen MR) is 78.9 cm³/mol. The van der Waals surface area contributed by atoms with Crippen molar-refractivity contribution in [2.24, 2.45) is 5.92 Å². The van der Waals surface area contributed by atoms with Gasteiger partial charge in [0, 0.05) is 18.7 Å². The zero-order chi connectivity index (χ0) is 14.7. The quantitative estimate of drug-likeness (QED) is 0.856. The molecule has 0 fully saturated rings. The van der Waals surface area contributed by atoms with Crippen molar-refractivity contribution in [1.29, 1.82) is 0 Å². The minimum absolute atomic E-state index is 0.0277. The molecular formula is C15H20ClNO3. The van der Waals surface area contributed by atoms with Crippen molar-refractivity contribution in [1.82, 2.24) is 4.90 Å². The van der Waals surface area contributed by atoms with Gasteiger partial charge in [-0.25, -0.2) is 0 Å². The first-order chi connectivity index (χ1) is 9.52. The zero-order valence-corrected chi connectivity index (χ0v) is 12.9. The van der Waals surface area contributed by atoms with Gasteiger partial charge in [0.25, 0.3) is 5.91 Å². The highest BCUT2D eigenvalue weighted by molar-refractivity contribution is 6.32. The summed E-state index contributed by atoms with van der Waals surface area (Å²) in [4.78, 5) is 14.3. The molecule has 0 saturated carbocycles. The van der Waals surface area contributed by atoms with Crippen LogP contribution in [0.1, 0.15) is 31.1 Å². The molecule has 1 amide bonds. The summed E-state index contributed by atoms with van der Waals surface area (Å²) in [5.41, 5.74) is 0.543. The second-order valence-electron chi connectivity index (χ2n) is 5.22. The Morgan fingerprint density at radius 2 is 2.05 bits per heavy atom. The monoisotopic (exact) mass is 297 g/mol. The lowest BCUT2D eigenvalue weighted by Gasteiger charge is -2.25. The molecule has 0 saturated heterocycles. The van der Waals surface area contributed by atoms with E-state index in [2.05, 4.69) is 13.8 Å². The number of fused-ring (bicyclic) bond motifs is 1. The maximum atomic E-state index is 12.5. The van der Waals surface area contributed by atoms with E-state index in [1.165, 1.54) is 0 Å². The number of rotatable bonds is 4. The molecule has 2 rings (SSSR count). The van der Waals surface area contributed by atoms with E-state index >= 15 is 0 Å². The van der Waals surface area contributed by atoms with Crippen LogP contribution in [0.25, 0.3) is 0 Å². The van der Waals surface area contributed by atoms with Crippen LogP contribution >= 0.6 is 11.6 Å². The van der Waals surface area contributed by atoms with Crippen LogP contribution in [0.2, 0.25) is 5.02 Å². The average Bonchev–Trinajstić information content (AvgIpc) is 2.43. The third-order valence-electron chi connectivity index (χ3n) is 3.10. The summed E-state index contributed by atoms with van der Waals surface area (Å²) < 4.78 is 11.0. The standard InChI is InChI=1S/C15H20ClNO3/c1-4-17(9-10(2)3)15(18)11-7-12(16)14-13(8-11)19-5-6-20-14/h7-8,10H,4-6,9H2,1-3H3. The summed E-state index contributed by atoms with van der Waals surface area (Å²) in [5, 5.41) is 0.422. The normalized spacial score (nSPS) is 13.4. The number of carbonyl (C=O) groups excluding carboxylic acids is 1. The van der Waals surface area contributed by atoms with Gasteiger partial charge in [-0.15, -0.1) is 0 Å². The second-order valence-corrected chi connectivity index (χ2v) is 5.63. The van der Waals surface area contributed by atoms with Crippen molar-refractivity contribution < 1.29 is 14.3 Å². The highest BCUT2D eigenvalue weighted by Crippen LogP contribution is 2.38. The maximum Gasteiger partial charge on any atom is 0.254 e. The van der Waals surface area contributed by atoms with Crippen molar-refractivity contribution in [3.63, 3.8) is 0 Å². The minimum Gasteiger partial charge on any atom is -0.486 e. The van der Waals surface area contributed by atoms with E-state index in [-0.39, 0.29) is 5.91 Å². The number of ether oxygens (including phenoxy) is 2. The molecule has 1 heterocycles. The second kappa shape index (κ2) is 6.35. The van der Waals surface area contributed by atoms with Gasteiger partial charge in [0.2, 0.25) is 0 Å². The van der Waals surface area contributed by atoms with E-state index in [4.69, 9.17) is 21.1 Å². The lowest BCUT2D eigenvalue weighted by atomic mass is 10.1. The lowest BCUT2D eigenvalue weighted by molar-refractivity contribution is 0.0744. The zero-order valence-electron chi connectivity index (χ0n) is 12.1. The molecule has 1 aliphatic rings. The van der Waals surface area contributed by atoms with Gasteiger partial charge in [0.1, 0.15) is 13.2 Å². The maximum absolute atomic E-state index is 12.5. The molecule has 0 aliphatic carbocycles. The van der Waals surface area contributed by atoms with E-state index in [0.717, 1.165) is 6.54 Å². The highest BCUT2D eigenvalue weighted by atomic mass is 35.5. The minimum atomic E-state index is -0.0277. The van der Waals surface area contributed by atoms with Gasteiger partial charge in [-0.3, -0.25) is 4.79 Å². The van der Waals surface area contributed by atoms with E-state index in [9.17, 15) is 4.79 Å². The molecule has 20 heavy (non-hydrogen) atoms. The number of nitrogens with zero attached hydrogens (tertiary/aromatic N) is 1. The molecule has 4 nitrogen and oxygen atoms in total. The van der Waals surface area contributed by atoms with Crippen molar-refractivity contribution >= 4 is 17.5 Å². The molecular weight excluding hydrogens is 278 g/mol. The van der Waals surface area contributed by atoms with Crippen LogP contribution in [0, 0.1) is 5.92 Å². The molecule has 0 atom stereocenters. The lowest BCUT2D eigenvalue weighted by Crippen LogP contribution is -2.34. The summed E-state index contributed by atoms with van der Waals surface area (Å²) in [5.74, 6) is 1.47. The number of hydrogen-bond acceptors (Lipinski definition) is 3. The molecule has 0 aromatic heterocycles. The Bertz CT molecular complexity index is 502. The van der Waals surface area contributed by atoms with Crippen LogP contribution in [0.15, 0.2) is 12.1 Å². The summed E-state index contributed by atoms with van der Waals surface area (Å²) in [6.45, 7) is 8.50. The predicted octanol–water partition coefficient (Wildman–Crippen LogP) is 3.23. The van der Waals surface area contributed by atoms with Gasteiger partial charge in [-0.1, -0.05) is 25.4 Å². The van der Waals surface area contributed by atoms with Crippen LogP contribution < -0.4 is 9.47 Å². The average molecular weight is 298 g/mol. The van der Waals surface area contributed by atoms with E-state index < -0.39 is 0 Å². The van der Waals surface area contributed by atoms with Gasteiger partial charge in [-0.05, 0) is 25.0 Å². The first kappa shape index (κ1) is 15.0. The van der Waals surface area contributed by atoms with Gasteiger partial charge in [0.15, 0.2) is 11.5 Å².